The summed E-state index contributed by atoms with van der Waals surface area (Å²) in [5.41, 5.74) is 1.46. The van der Waals surface area contributed by atoms with Crippen molar-refractivity contribution in [2.75, 3.05) is 6.61 Å². The maximum atomic E-state index is 12.6. The summed E-state index contributed by atoms with van der Waals surface area (Å²) < 4.78 is 5.58. The van der Waals surface area contributed by atoms with Crippen LogP contribution >= 0.6 is 0 Å². The highest BCUT2D eigenvalue weighted by atomic mass is 16.5. The minimum atomic E-state index is -0.717. The lowest BCUT2D eigenvalue weighted by Crippen LogP contribution is -2.40. The minimum absolute atomic E-state index is 0.100. The third-order valence-electron chi connectivity index (χ3n) is 3.61. The number of hydrogen-bond donors (Lipinski definition) is 0. The molecule has 3 heteroatoms. The van der Waals surface area contributed by atoms with E-state index in [0.29, 0.717) is 6.61 Å². The van der Waals surface area contributed by atoms with Gasteiger partial charge in [0.25, 0.3) is 0 Å². The van der Waals surface area contributed by atoms with Crippen LogP contribution in [0.15, 0.2) is 18.3 Å². The van der Waals surface area contributed by atoms with E-state index in [4.69, 9.17) is 4.74 Å². The Hall–Kier alpha value is -1.22. The molecular formula is C15H21NO2. The van der Waals surface area contributed by atoms with Gasteiger partial charge in [-0.05, 0) is 51.7 Å². The molecule has 1 aliphatic carbocycles. The van der Waals surface area contributed by atoms with E-state index in [1.165, 1.54) is 5.56 Å². The number of ether oxygens (including phenoxy) is 1. The lowest BCUT2D eigenvalue weighted by atomic mass is 9.79. The molecule has 0 radical (unpaired) electrons. The van der Waals surface area contributed by atoms with Gasteiger partial charge in [-0.15, -0.1) is 0 Å². The molecule has 0 aliphatic heterocycles. The van der Waals surface area contributed by atoms with Crippen molar-refractivity contribution in [1.29, 1.82) is 0 Å². The summed E-state index contributed by atoms with van der Waals surface area (Å²) in [6.07, 6.45) is 4.75. The molecule has 0 amide bonds. The fourth-order valence-corrected chi connectivity index (χ4v) is 2.72. The number of aromatic nitrogens is 1. The van der Waals surface area contributed by atoms with Gasteiger partial charge in [-0.3, -0.25) is 9.78 Å². The second-order valence-electron chi connectivity index (χ2n) is 5.30. The molecule has 2 rings (SSSR count). The standard InChI is InChI=1S/C15H21NO2/c1-4-18-15(2,3)14(17)12-9-5-7-11-8-6-10-16-13(11)12/h6,8,10,12H,4-5,7,9H2,1-3H3. The van der Waals surface area contributed by atoms with Gasteiger partial charge < -0.3 is 4.74 Å². The topological polar surface area (TPSA) is 39.2 Å². The number of nitrogens with zero attached hydrogens (tertiary/aromatic N) is 1. The van der Waals surface area contributed by atoms with E-state index in [1.807, 2.05) is 26.8 Å². The molecule has 0 saturated carbocycles. The predicted molar refractivity (Wildman–Crippen MR) is 70.6 cm³/mol. The highest BCUT2D eigenvalue weighted by Gasteiger charge is 2.37. The highest BCUT2D eigenvalue weighted by molar-refractivity contribution is 5.92. The van der Waals surface area contributed by atoms with Crippen molar-refractivity contribution in [2.24, 2.45) is 0 Å². The Labute approximate surface area is 109 Å². The quantitative estimate of drug-likeness (QED) is 0.821. The number of hydrogen-bond acceptors (Lipinski definition) is 3. The van der Waals surface area contributed by atoms with Crippen LogP contribution in [0.5, 0.6) is 0 Å². The van der Waals surface area contributed by atoms with E-state index in [0.717, 1.165) is 25.0 Å². The number of ketones is 1. The summed E-state index contributed by atoms with van der Waals surface area (Å²) in [5.74, 6) is 0.0560. The van der Waals surface area contributed by atoms with Crippen LogP contribution in [0.25, 0.3) is 0 Å². The summed E-state index contributed by atoms with van der Waals surface area (Å²) in [7, 11) is 0. The molecule has 0 saturated heterocycles. The molecular weight excluding hydrogens is 226 g/mol. The summed E-state index contributed by atoms with van der Waals surface area (Å²) >= 11 is 0. The van der Waals surface area contributed by atoms with E-state index in [-0.39, 0.29) is 11.7 Å². The predicted octanol–water partition coefficient (Wildman–Crippen LogP) is 2.89. The number of rotatable bonds is 4. The molecule has 18 heavy (non-hydrogen) atoms. The van der Waals surface area contributed by atoms with Gasteiger partial charge in [-0.2, -0.15) is 0 Å². The first-order valence-corrected chi connectivity index (χ1v) is 6.68. The molecule has 98 valence electrons. The Bertz CT molecular complexity index is 440. The van der Waals surface area contributed by atoms with Crippen LogP contribution in [0.3, 0.4) is 0 Å². The Balaban J connectivity index is 2.28. The number of aryl methyl sites for hydroxylation is 1. The normalized spacial score (nSPS) is 19.4. The van der Waals surface area contributed by atoms with Crippen LogP contribution < -0.4 is 0 Å². The molecule has 1 aromatic rings. The van der Waals surface area contributed by atoms with Gasteiger partial charge in [-0.1, -0.05) is 6.07 Å². The number of Topliss-reactive ketones (excluding diaryl/α,β-unsaturated/α-hetero) is 1. The largest absolute Gasteiger partial charge is 0.368 e. The second-order valence-corrected chi connectivity index (χ2v) is 5.30. The van der Waals surface area contributed by atoms with E-state index in [2.05, 4.69) is 11.1 Å². The monoisotopic (exact) mass is 247 g/mol. The fraction of sp³-hybridized carbons (Fsp3) is 0.600. The lowest BCUT2D eigenvalue weighted by Gasteiger charge is -2.30. The van der Waals surface area contributed by atoms with E-state index in [9.17, 15) is 4.79 Å². The maximum absolute atomic E-state index is 12.6. The van der Waals surface area contributed by atoms with Crippen LogP contribution in [0.2, 0.25) is 0 Å². The number of carbonyl (C=O) groups excluding carboxylic acids is 1. The van der Waals surface area contributed by atoms with E-state index >= 15 is 0 Å². The van der Waals surface area contributed by atoms with Crippen molar-refractivity contribution < 1.29 is 9.53 Å². The summed E-state index contributed by atoms with van der Waals surface area (Å²) in [6.45, 7) is 6.19. The highest BCUT2D eigenvalue weighted by Crippen LogP contribution is 2.34. The first-order chi connectivity index (χ1) is 8.56. The van der Waals surface area contributed by atoms with Crippen LogP contribution in [0.4, 0.5) is 0 Å². The summed E-state index contributed by atoms with van der Waals surface area (Å²) in [6, 6.07) is 4.02. The molecule has 0 spiro atoms. The zero-order valence-corrected chi connectivity index (χ0v) is 11.4. The molecule has 1 heterocycles. The van der Waals surface area contributed by atoms with Crippen molar-refractivity contribution in [3.05, 3.63) is 29.6 Å². The zero-order valence-electron chi connectivity index (χ0n) is 11.4. The first-order valence-electron chi connectivity index (χ1n) is 6.68. The van der Waals surface area contributed by atoms with Crippen LogP contribution in [0, 0.1) is 0 Å². The van der Waals surface area contributed by atoms with Gasteiger partial charge in [0.15, 0.2) is 5.78 Å². The van der Waals surface area contributed by atoms with Crippen molar-refractivity contribution >= 4 is 5.78 Å². The van der Waals surface area contributed by atoms with Gasteiger partial charge in [0.2, 0.25) is 0 Å². The lowest BCUT2D eigenvalue weighted by molar-refractivity contribution is -0.141. The first kappa shape index (κ1) is 13.2. The van der Waals surface area contributed by atoms with E-state index < -0.39 is 5.60 Å². The smallest absolute Gasteiger partial charge is 0.173 e. The minimum Gasteiger partial charge on any atom is -0.368 e. The Morgan fingerprint density at radius 3 is 3.06 bits per heavy atom. The van der Waals surface area contributed by atoms with Gasteiger partial charge in [0.1, 0.15) is 5.60 Å². The van der Waals surface area contributed by atoms with Crippen LogP contribution in [-0.2, 0) is 16.0 Å². The van der Waals surface area contributed by atoms with Crippen molar-refractivity contribution in [1.82, 2.24) is 4.98 Å². The molecule has 1 aliphatic rings. The van der Waals surface area contributed by atoms with E-state index in [1.54, 1.807) is 6.20 Å². The Kier molecular flexibility index (Phi) is 3.81. The Morgan fingerprint density at radius 1 is 1.56 bits per heavy atom. The molecule has 1 atom stereocenters. The van der Waals surface area contributed by atoms with Crippen LogP contribution in [-0.4, -0.2) is 23.0 Å². The Morgan fingerprint density at radius 2 is 2.33 bits per heavy atom. The summed E-state index contributed by atoms with van der Waals surface area (Å²) in [4.78, 5) is 17.0. The van der Waals surface area contributed by atoms with Crippen molar-refractivity contribution in [2.45, 2.75) is 51.6 Å². The summed E-state index contributed by atoms with van der Waals surface area (Å²) in [5, 5.41) is 0. The molecule has 1 aromatic heterocycles. The zero-order chi connectivity index (χ0) is 13.2. The van der Waals surface area contributed by atoms with Crippen LogP contribution in [0.1, 0.15) is 50.8 Å². The molecule has 0 N–H and O–H groups in total. The molecule has 0 bridgehead atoms. The maximum Gasteiger partial charge on any atom is 0.173 e. The SMILES string of the molecule is CCOC(C)(C)C(=O)C1CCCc2cccnc21. The average Bonchev–Trinajstić information content (AvgIpc) is 2.37. The van der Waals surface area contributed by atoms with Crippen molar-refractivity contribution in [3.8, 4) is 0 Å². The number of fused-ring (bicyclic) bond motifs is 1. The van der Waals surface area contributed by atoms with Crippen molar-refractivity contribution in [3.63, 3.8) is 0 Å². The third-order valence-corrected chi connectivity index (χ3v) is 3.61. The second kappa shape index (κ2) is 5.19. The number of pyridine rings is 1. The third kappa shape index (κ3) is 2.46. The number of carbonyl (C=O) groups is 1. The molecule has 0 fully saturated rings. The van der Waals surface area contributed by atoms with Gasteiger partial charge in [0.05, 0.1) is 11.6 Å². The molecule has 0 aromatic carbocycles. The van der Waals surface area contributed by atoms with Gasteiger partial charge >= 0.3 is 0 Å². The average molecular weight is 247 g/mol. The molecule has 3 nitrogen and oxygen atoms in total. The molecule has 1 unspecified atom stereocenters. The van der Waals surface area contributed by atoms with Gasteiger partial charge in [-0.25, -0.2) is 0 Å². The fourth-order valence-electron chi connectivity index (χ4n) is 2.72. The van der Waals surface area contributed by atoms with Gasteiger partial charge in [0, 0.05) is 12.8 Å².